The number of rotatable bonds is 4. The largest absolute Gasteiger partial charge is 0.493 e. The number of hydrogen-bond acceptors (Lipinski definition) is 7. The lowest BCUT2D eigenvalue weighted by molar-refractivity contribution is 0.0592. The van der Waals surface area contributed by atoms with E-state index < -0.39 is 5.63 Å². The van der Waals surface area contributed by atoms with Gasteiger partial charge in [0.05, 0.1) is 16.8 Å². The fraction of sp³-hybridized carbons (Fsp3) is 0.261. The Morgan fingerprint density at radius 1 is 1.22 bits per heavy atom. The van der Waals surface area contributed by atoms with Crippen molar-refractivity contribution in [2.24, 2.45) is 0 Å². The van der Waals surface area contributed by atoms with Crippen molar-refractivity contribution in [3.8, 4) is 10.9 Å². The Bertz CT molecular complexity index is 1370. The Balaban J connectivity index is 1.28. The number of hydrogen-bond donors (Lipinski definition) is 0. The van der Waals surface area contributed by atoms with Gasteiger partial charge in [-0.25, -0.2) is 9.78 Å². The van der Waals surface area contributed by atoms with E-state index in [2.05, 4.69) is 4.98 Å². The second-order valence-corrected chi connectivity index (χ2v) is 8.90. The monoisotopic (exact) mass is 470 g/mol. The number of piperidine rings is 1. The fourth-order valence-electron chi connectivity index (χ4n) is 3.86. The second kappa shape index (κ2) is 8.44. The van der Waals surface area contributed by atoms with E-state index in [0.29, 0.717) is 52.9 Å². The van der Waals surface area contributed by atoms with Crippen LogP contribution in [-0.4, -0.2) is 42.1 Å². The molecule has 164 valence electrons. The second-order valence-electron chi connectivity index (χ2n) is 7.50. The van der Waals surface area contributed by atoms with E-state index in [0.717, 1.165) is 10.2 Å². The minimum absolute atomic E-state index is 0.0194. The van der Waals surface area contributed by atoms with Crippen LogP contribution in [0.1, 0.15) is 23.2 Å². The number of aromatic nitrogens is 1. The van der Waals surface area contributed by atoms with Gasteiger partial charge in [0.15, 0.2) is 11.3 Å². The van der Waals surface area contributed by atoms with Crippen molar-refractivity contribution in [3.05, 3.63) is 63.5 Å². The molecule has 1 saturated heterocycles. The average Bonchev–Trinajstić information content (AvgIpc) is 3.22. The summed E-state index contributed by atoms with van der Waals surface area (Å²) < 4.78 is 17.7. The van der Waals surface area contributed by atoms with Crippen LogP contribution in [-0.2, 0) is 0 Å². The highest BCUT2D eigenvalue weighted by atomic mass is 35.5. The van der Waals surface area contributed by atoms with Crippen LogP contribution in [0.25, 0.3) is 21.2 Å². The molecule has 5 rings (SSSR count). The van der Waals surface area contributed by atoms with Crippen LogP contribution in [0.5, 0.6) is 10.9 Å². The number of carbonyl (C=O) groups is 1. The minimum atomic E-state index is -0.670. The number of ether oxygens (including phenoxy) is 2. The molecule has 0 N–H and O–H groups in total. The van der Waals surface area contributed by atoms with Gasteiger partial charge in [-0.2, -0.15) is 0 Å². The Hall–Kier alpha value is -3.10. The molecule has 2 aromatic carbocycles. The van der Waals surface area contributed by atoms with Crippen LogP contribution in [0.15, 0.2) is 51.7 Å². The Labute approximate surface area is 192 Å². The molecule has 0 saturated carbocycles. The van der Waals surface area contributed by atoms with Crippen LogP contribution in [0.2, 0.25) is 5.02 Å². The van der Waals surface area contributed by atoms with Gasteiger partial charge in [0.25, 0.3) is 11.1 Å². The first kappa shape index (κ1) is 20.8. The molecule has 7 nitrogen and oxygen atoms in total. The number of benzene rings is 2. The number of likely N-dealkylation sites (tertiary alicyclic amines) is 1. The van der Waals surface area contributed by atoms with Gasteiger partial charge in [-0.05, 0) is 24.3 Å². The third-order valence-corrected chi connectivity index (χ3v) is 6.74. The highest BCUT2D eigenvalue weighted by Gasteiger charge is 2.28. The minimum Gasteiger partial charge on any atom is -0.493 e. The van der Waals surface area contributed by atoms with Gasteiger partial charge in [0, 0.05) is 31.3 Å². The lowest BCUT2D eigenvalue weighted by Crippen LogP contribution is -2.43. The van der Waals surface area contributed by atoms with Gasteiger partial charge in [0.2, 0.25) is 0 Å². The zero-order valence-corrected chi connectivity index (χ0v) is 18.7. The molecule has 1 aliphatic heterocycles. The summed E-state index contributed by atoms with van der Waals surface area (Å²) in [6.45, 7) is 0.954. The molecule has 0 radical (unpaired) electrons. The average molecular weight is 471 g/mol. The number of fused-ring (bicyclic) bond motifs is 2. The van der Waals surface area contributed by atoms with E-state index in [-0.39, 0.29) is 17.6 Å². The van der Waals surface area contributed by atoms with Gasteiger partial charge >= 0.3 is 5.63 Å². The number of nitrogens with zero attached hydrogens (tertiary/aromatic N) is 2. The maximum atomic E-state index is 13.0. The highest BCUT2D eigenvalue weighted by Crippen LogP contribution is 2.33. The molecule has 1 amide bonds. The molecule has 32 heavy (non-hydrogen) atoms. The summed E-state index contributed by atoms with van der Waals surface area (Å²) in [6.07, 6.45) is 1.22. The number of amides is 1. The first-order chi connectivity index (χ1) is 15.5. The fourth-order valence-corrected chi connectivity index (χ4v) is 5.04. The first-order valence-electron chi connectivity index (χ1n) is 10.2. The molecule has 0 atom stereocenters. The third-order valence-electron chi connectivity index (χ3n) is 5.52. The summed E-state index contributed by atoms with van der Waals surface area (Å²) in [5.41, 5.74) is 0.420. The third kappa shape index (κ3) is 3.80. The molecule has 0 aliphatic carbocycles. The lowest BCUT2D eigenvalue weighted by Gasteiger charge is -2.31. The lowest BCUT2D eigenvalue weighted by atomic mass is 10.1. The van der Waals surface area contributed by atoms with Crippen molar-refractivity contribution in [2.45, 2.75) is 18.9 Å². The summed E-state index contributed by atoms with van der Waals surface area (Å²) >= 11 is 7.65. The summed E-state index contributed by atoms with van der Waals surface area (Å²) in [6, 6.07) is 12.5. The Kier molecular flexibility index (Phi) is 5.48. The molecule has 4 aromatic rings. The molecule has 3 heterocycles. The smallest absolute Gasteiger partial charge is 0.349 e. The maximum Gasteiger partial charge on any atom is 0.349 e. The van der Waals surface area contributed by atoms with Crippen molar-refractivity contribution < 1.29 is 18.7 Å². The van der Waals surface area contributed by atoms with Gasteiger partial charge in [0.1, 0.15) is 17.2 Å². The molecule has 0 unspecified atom stereocenters. The predicted octanol–water partition coefficient (Wildman–Crippen LogP) is 4.75. The molecule has 9 heteroatoms. The molecule has 1 aliphatic rings. The van der Waals surface area contributed by atoms with Crippen molar-refractivity contribution in [1.29, 1.82) is 0 Å². The molecular weight excluding hydrogens is 452 g/mol. The number of carbonyl (C=O) groups excluding carboxylic acids is 1. The van der Waals surface area contributed by atoms with Crippen LogP contribution in [0.3, 0.4) is 0 Å². The van der Waals surface area contributed by atoms with Crippen molar-refractivity contribution in [1.82, 2.24) is 9.88 Å². The van der Waals surface area contributed by atoms with Crippen LogP contribution in [0, 0.1) is 0 Å². The molecule has 0 spiro atoms. The zero-order chi connectivity index (χ0) is 22.2. The van der Waals surface area contributed by atoms with E-state index in [1.54, 1.807) is 35.2 Å². The van der Waals surface area contributed by atoms with E-state index >= 15 is 0 Å². The van der Waals surface area contributed by atoms with Crippen molar-refractivity contribution in [3.63, 3.8) is 0 Å². The molecule has 0 bridgehead atoms. The number of methoxy groups -OCH3 is 1. The Morgan fingerprint density at radius 2 is 2.00 bits per heavy atom. The summed E-state index contributed by atoms with van der Waals surface area (Å²) in [5.74, 6) is 0.112. The molecular formula is C23H19ClN2O5S. The van der Waals surface area contributed by atoms with E-state index in [9.17, 15) is 9.59 Å². The number of para-hydroxylation sites is 2. The van der Waals surface area contributed by atoms with Gasteiger partial charge in [-0.1, -0.05) is 41.1 Å². The summed E-state index contributed by atoms with van der Waals surface area (Å²) in [4.78, 5) is 31.6. The van der Waals surface area contributed by atoms with Gasteiger partial charge in [-0.3, -0.25) is 4.79 Å². The SMILES string of the molecule is COc1cccc2cc(C(=O)N3CCC(Oc4nc5c(Cl)cccc5s4)CC3)c(=O)oc12. The van der Waals surface area contributed by atoms with E-state index in [1.807, 2.05) is 12.1 Å². The van der Waals surface area contributed by atoms with Gasteiger partial charge in [-0.15, -0.1) is 0 Å². The van der Waals surface area contributed by atoms with Crippen molar-refractivity contribution in [2.75, 3.05) is 20.2 Å². The van der Waals surface area contributed by atoms with Crippen LogP contribution >= 0.6 is 22.9 Å². The number of halogens is 1. The molecule has 1 fully saturated rings. The quantitative estimate of drug-likeness (QED) is 0.400. The van der Waals surface area contributed by atoms with E-state index in [4.69, 9.17) is 25.5 Å². The zero-order valence-electron chi connectivity index (χ0n) is 17.2. The van der Waals surface area contributed by atoms with Gasteiger partial charge < -0.3 is 18.8 Å². The van der Waals surface area contributed by atoms with Crippen LogP contribution < -0.4 is 15.1 Å². The number of thiazole rings is 1. The standard InChI is InChI=1S/C23H19ClN2O5S/c1-29-17-6-2-4-13-12-15(22(28)31-20(13)17)21(27)26-10-8-14(9-11-26)30-23-25-19-16(24)5-3-7-18(19)32-23/h2-7,12,14H,8-11H2,1H3. The highest BCUT2D eigenvalue weighted by molar-refractivity contribution is 7.20. The Morgan fingerprint density at radius 3 is 2.75 bits per heavy atom. The predicted molar refractivity (Wildman–Crippen MR) is 123 cm³/mol. The summed E-state index contributed by atoms with van der Waals surface area (Å²) in [7, 11) is 1.50. The first-order valence-corrected chi connectivity index (χ1v) is 11.3. The van der Waals surface area contributed by atoms with Crippen molar-refractivity contribution >= 4 is 50.0 Å². The van der Waals surface area contributed by atoms with E-state index in [1.165, 1.54) is 18.4 Å². The molecule has 2 aromatic heterocycles. The topological polar surface area (TPSA) is 81.9 Å². The maximum absolute atomic E-state index is 13.0. The van der Waals surface area contributed by atoms with Crippen LogP contribution in [0.4, 0.5) is 0 Å². The normalized spacial score (nSPS) is 14.8. The summed E-state index contributed by atoms with van der Waals surface area (Å²) in [5, 5.41) is 1.81.